The number of piperazine rings is 1. The molecule has 114 valence electrons. The van der Waals surface area contributed by atoms with Gasteiger partial charge in [-0.05, 0) is 31.2 Å². The van der Waals surface area contributed by atoms with Gasteiger partial charge in [0.2, 0.25) is 5.91 Å². The van der Waals surface area contributed by atoms with Crippen molar-refractivity contribution < 1.29 is 9.59 Å². The van der Waals surface area contributed by atoms with E-state index in [0.29, 0.717) is 18.8 Å². The quantitative estimate of drug-likeness (QED) is 0.881. The number of amides is 2. The summed E-state index contributed by atoms with van der Waals surface area (Å²) < 4.78 is 2.77. The van der Waals surface area contributed by atoms with Gasteiger partial charge in [0.25, 0.3) is 5.91 Å². The number of imidazole rings is 1. The summed E-state index contributed by atoms with van der Waals surface area (Å²) in [6, 6.07) is 7.23. The predicted molar refractivity (Wildman–Crippen MR) is 84.8 cm³/mol. The number of nitrogens with zero attached hydrogens (tertiary/aromatic N) is 3. The van der Waals surface area contributed by atoms with Crippen LogP contribution in [0.5, 0.6) is 0 Å². The van der Waals surface area contributed by atoms with Crippen LogP contribution in [-0.4, -0.2) is 45.4 Å². The standard InChI is InChI=1S/C15H15BrN4O2/c1-10-14(21)17-6-7-20(10)15(22)13-8-19(9-18-13)12-4-2-11(16)3-5-12/h2-5,8-10H,6-7H2,1H3,(H,17,21)/t10-/m0/s1. The van der Waals surface area contributed by atoms with Crippen molar-refractivity contribution in [2.75, 3.05) is 13.1 Å². The molecule has 0 radical (unpaired) electrons. The van der Waals surface area contributed by atoms with Crippen LogP contribution in [0.25, 0.3) is 5.69 Å². The monoisotopic (exact) mass is 362 g/mol. The van der Waals surface area contributed by atoms with Crippen LogP contribution in [0.1, 0.15) is 17.4 Å². The van der Waals surface area contributed by atoms with Crippen molar-refractivity contribution >= 4 is 27.7 Å². The van der Waals surface area contributed by atoms with Crippen molar-refractivity contribution in [3.8, 4) is 5.69 Å². The summed E-state index contributed by atoms with van der Waals surface area (Å²) >= 11 is 3.39. The SMILES string of the molecule is C[C@H]1C(=O)NCCN1C(=O)c1cn(-c2ccc(Br)cc2)cn1. The lowest BCUT2D eigenvalue weighted by Gasteiger charge is -2.32. The second-order valence-corrected chi connectivity index (χ2v) is 6.02. The van der Waals surface area contributed by atoms with Crippen molar-refractivity contribution in [3.05, 3.63) is 47.0 Å². The highest BCUT2D eigenvalue weighted by atomic mass is 79.9. The van der Waals surface area contributed by atoms with Crippen LogP contribution in [0, 0.1) is 0 Å². The minimum absolute atomic E-state index is 0.132. The van der Waals surface area contributed by atoms with Gasteiger partial charge in [-0.2, -0.15) is 0 Å². The van der Waals surface area contributed by atoms with Crippen LogP contribution < -0.4 is 5.32 Å². The normalized spacial score (nSPS) is 18.2. The molecule has 0 spiro atoms. The van der Waals surface area contributed by atoms with Gasteiger partial charge in [0, 0.05) is 29.4 Å². The zero-order valence-corrected chi connectivity index (χ0v) is 13.6. The summed E-state index contributed by atoms with van der Waals surface area (Å²) in [5.41, 5.74) is 1.25. The van der Waals surface area contributed by atoms with E-state index < -0.39 is 6.04 Å². The van der Waals surface area contributed by atoms with Gasteiger partial charge >= 0.3 is 0 Å². The van der Waals surface area contributed by atoms with E-state index >= 15 is 0 Å². The first-order valence-electron chi connectivity index (χ1n) is 6.95. The van der Waals surface area contributed by atoms with Crippen LogP contribution >= 0.6 is 15.9 Å². The number of carbonyl (C=O) groups is 2. The zero-order valence-electron chi connectivity index (χ0n) is 12.0. The van der Waals surface area contributed by atoms with Crippen LogP contribution in [0.2, 0.25) is 0 Å². The van der Waals surface area contributed by atoms with E-state index in [0.717, 1.165) is 10.2 Å². The van der Waals surface area contributed by atoms with Gasteiger partial charge in [-0.1, -0.05) is 15.9 Å². The van der Waals surface area contributed by atoms with Gasteiger partial charge < -0.3 is 14.8 Å². The summed E-state index contributed by atoms with van der Waals surface area (Å²) in [5, 5.41) is 2.74. The topological polar surface area (TPSA) is 67.2 Å². The average Bonchev–Trinajstić information content (AvgIpc) is 3.00. The highest BCUT2D eigenvalue weighted by molar-refractivity contribution is 9.10. The van der Waals surface area contributed by atoms with Crippen molar-refractivity contribution in [2.24, 2.45) is 0 Å². The molecule has 1 aromatic carbocycles. The molecular weight excluding hydrogens is 348 g/mol. The van der Waals surface area contributed by atoms with E-state index in [1.165, 1.54) is 0 Å². The van der Waals surface area contributed by atoms with Crippen LogP contribution in [0.3, 0.4) is 0 Å². The molecule has 1 aliphatic heterocycles. The summed E-state index contributed by atoms with van der Waals surface area (Å²) in [6.45, 7) is 2.69. The molecule has 1 atom stereocenters. The number of carbonyl (C=O) groups excluding carboxylic acids is 2. The largest absolute Gasteiger partial charge is 0.353 e. The molecule has 3 rings (SSSR count). The molecule has 7 heteroatoms. The predicted octanol–water partition coefficient (Wildman–Crippen LogP) is 1.60. The first kappa shape index (κ1) is 14.8. The lowest BCUT2D eigenvalue weighted by atomic mass is 10.2. The van der Waals surface area contributed by atoms with E-state index in [1.54, 1.807) is 28.9 Å². The van der Waals surface area contributed by atoms with Crippen molar-refractivity contribution in [3.63, 3.8) is 0 Å². The Bertz CT molecular complexity index is 711. The highest BCUT2D eigenvalue weighted by Crippen LogP contribution is 2.16. The summed E-state index contributed by atoms with van der Waals surface area (Å²) in [4.78, 5) is 29.9. The number of aromatic nitrogens is 2. The minimum Gasteiger partial charge on any atom is -0.353 e. The highest BCUT2D eigenvalue weighted by Gasteiger charge is 2.30. The maximum Gasteiger partial charge on any atom is 0.274 e. The maximum absolute atomic E-state index is 12.5. The van der Waals surface area contributed by atoms with E-state index in [2.05, 4.69) is 26.2 Å². The number of benzene rings is 1. The fourth-order valence-electron chi connectivity index (χ4n) is 2.39. The molecule has 2 aromatic rings. The molecule has 2 amide bonds. The molecule has 1 saturated heterocycles. The van der Waals surface area contributed by atoms with E-state index in [1.807, 2.05) is 24.3 Å². The number of rotatable bonds is 2. The Labute approximate surface area is 136 Å². The number of hydrogen-bond acceptors (Lipinski definition) is 3. The van der Waals surface area contributed by atoms with E-state index in [9.17, 15) is 9.59 Å². The third-order valence-electron chi connectivity index (χ3n) is 3.69. The molecule has 6 nitrogen and oxygen atoms in total. The van der Waals surface area contributed by atoms with E-state index in [4.69, 9.17) is 0 Å². The molecule has 22 heavy (non-hydrogen) atoms. The fourth-order valence-corrected chi connectivity index (χ4v) is 2.66. The molecule has 1 aromatic heterocycles. The Kier molecular flexibility index (Phi) is 3.98. The van der Waals surface area contributed by atoms with Gasteiger partial charge in [0.05, 0.1) is 0 Å². The Hall–Kier alpha value is -2.15. The molecule has 0 unspecified atom stereocenters. The van der Waals surface area contributed by atoms with Gasteiger partial charge in [0.1, 0.15) is 18.1 Å². The average molecular weight is 363 g/mol. The number of halogens is 1. The lowest BCUT2D eigenvalue weighted by molar-refractivity contribution is -0.127. The first-order chi connectivity index (χ1) is 10.6. The van der Waals surface area contributed by atoms with Crippen molar-refractivity contribution in [1.29, 1.82) is 0 Å². The molecular formula is C15H15BrN4O2. The number of nitrogens with one attached hydrogen (secondary N) is 1. The smallest absolute Gasteiger partial charge is 0.274 e. The van der Waals surface area contributed by atoms with Gasteiger partial charge in [-0.15, -0.1) is 0 Å². The fraction of sp³-hybridized carbons (Fsp3) is 0.267. The van der Waals surface area contributed by atoms with E-state index in [-0.39, 0.29) is 11.8 Å². The Morgan fingerprint density at radius 3 is 2.82 bits per heavy atom. The Morgan fingerprint density at radius 2 is 2.09 bits per heavy atom. The molecule has 0 aliphatic carbocycles. The molecule has 1 aliphatic rings. The van der Waals surface area contributed by atoms with Crippen LogP contribution in [-0.2, 0) is 4.79 Å². The summed E-state index contributed by atoms with van der Waals surface area (Å²) in [5.74, 6) is -0.356. The Balaban J connectivity index is 1.82. The molecule has 2 heterocycles. The molecule has 0 saturated carbocycles. The van der Waals surface area contributed by atoms with Gasteiger partial charge in [-0.3, -0.25) is 9.59 Å². The molecule has 1 N–H and O–H groups in total. The molecule has 0 bridgehead atoms. The maximum atomic E-state index is 12.5. The van der Waals surface area contributed by atoms with Crippen molar-refractivity contribution in [1.82, 2.24) is 19.8 Å². The summed E-state index contributed by atoms with van der Waals surface area (Å²) in [7, 11) is 0. The molecule has 1 fully saturated rings. The Morgan fingerprint density at radius 1 is 1.36 bits per heavy atom. The van der Waals surface area contributed by atoms with Crippen LogP contribution in [0.15, 0.2) is 41.3 Å². The third-order valence-corrected chi connectivity index (χ3v) is 4.21. The van der Waals surface area contributed by atoms with Gasteiger partial charge in [-0.25, -0.2) is 4.98 Å². The van der Waals surface area contributed by atoms with Crippen molar-refractivity contribution in [2.45, 2.75) is 13.0 Å². The second-order valence-electron chi connectivity index (χ2n) is 5.11. The summed E-state index contributed by atoms with van der Waals surface area (Å²) in [6.07, 6.45) is 3.29. The number of hydrogen-bond donors (Lipinski definition) is 1. The lowest BCUT2D eigenvalue weighted by Crippen LogP contribution is -2.55. The van der Waals surface area contributed by atoms with Crippen LogP contribution in [0.4, 0.5) is 0 Å². The first-order valence-corrected chi connectivity index (χ1v) is 7.74. The third kappa shape index (κ3) is 2.76. The second kappa shape index (κ2) is 5.92. The van der Waals surface area contributed by atoms with Gasteiger partial charge in [0.15, 0.2) is 0 Å². The zero-order chi connectivity index (χ0) is 15.7. The minimum atomic E-state index is -0.473.